The van der Waals surface area contributed by atoms with Gasteiger partial charge in [-0.25, -0.2) is 19.4 Å². The molecule has 9 nitrogen and oxygen atoms in total. The van der Waals surface area contributed by atoms with Gasteiger partial charge in [0.1, 0.15) is 5.82 Å². The van der Waals surface area contributed by atoms with Gasteiger partial charge in [-0.15, -0.1) is 0 Å². The van der Waals surface area contributed by atoms with E-state index in [1.807, 2.05) is 11.8 Å². The second-order valence-electron chi connectivity index (χ2n) is 5.78. The topological polar surface area (TPSA) is 131 Å². The fourth-order valence-electron chi connectivity index (χ4n) is 3.38. The third kappa shape index (κ3) is 2.33. The van der Waals surface area contributed by atoms with Gasteiger partial charge in [0.2, 0.25) is 0 Å². The van der Waals surface area contributed by atoms with Crippen molar-refractivity contribution in [3.8, 4) is 0 Å². The first-order chi connectivity index (χ1) is 10.8. The van der Waals surface area contributed by atoms with Crippen LogP contribution in [-0.2, 0) is 6.42 Å². The molecule has 0 saturated carbocycles. The maximum atomic E-state index is 11.3. The summed E-state index contributed by atoms with van der Waals surface area (Å²) in [6, 6.07) is 1.00. The normalized spacial score (nSPS) is 22.5. The number of rotatable bonds is 2. The number of piperazine rings is 1. The predicted octanol–water partition coefficient (Wildman–Crippen LogP) is 0.591. The molecule has 1 amide bonds. The van der Waals surface area contributed by atoms with Crippen molar-refractivity contribution in [2.45, 2.75) is 25.4 Å². The van der Waals surface area contributed by atoms with Crippen molar-refractivity contribution in [1.29, 1.82) is 0 Å². The molecule has 3 N–H and O–H groups in total. The van der Waals surface area contributed by atoms with Gasteiger partial charge in [0.05, 0.1) is 11.6 Å². The summed E-state index contributed by atoms with van der Waals surface area (Å²) in [7, 11) is 0. The number of carbonyl (C=O) groups is 3. The van der Waals surface area contributed by atoms with E-state index in [0.717, 1.165) is 0 Å². The van der Waals surface area contributed by atoms with Crippen molar-refractivity contribution in [1.82, 2.24) is 9.88 Å². The van der Waals surface area contributed by atoms with Crippen molar-refractivity contribution in [3.63, 3.8) is 0 Å². The smallest absolute Gasteiger partial charge is 0.407 e. The van der Waals surface area contributed by atoms with E-state index in [1.54, 1.807) is 0 Å². The number of nitrogens with zero attached hydrogens (tertiary/aromatic N) is 3. The van der Waals surface area contributed by atoms with E-state index in [1.165, 1.54) is 11.0 Å². The van der Waals surface area contributed by atoms with Gasteiger partial charge >= 0.3 is 18.0 Å². The first kappa shape index (κ1) is 15.1. The van der Waals surface area contributed by atoms with Crippen LogP contribution in [0.15, 0.2) is 6.07 Å². The van der Waals surface area contributed by atoms with Crippen LogP contribution in [0.1, 0.15) is 33.3 Å². The molecule has 1 aromatic heterocycles. The Morgan fingerprint density at radius 2 is 1.87 bits per heavy atom. The lowest BCUT2D eigenvalue weighted by Gasteiger charge is -2.42. The molecular formula is C14H15N3O6. The van der Waals surface area contributed by atoms with Crippen LogP contribution in [0.4, 0.5) is 10.6 Å². The summed E-state index contributed by atoms with van der Waals surface area (Å²) in [5, 5.41) is 27.5. The van der Waals surface area contributed by atoms with Crippen LogP contribution < -0.4 is 4.90 Å². The molecule has 0 radical (unpaired) electrons. The summed E-state index contributed by atoms with van der Waals surface area (Å²) >= 11 is 0. The number of hydrogen-bond acceptors (Lipinski definition) is 5. The van der Waals surface area contributed by atoms with E-state index in [0.29, 0.717) is 17.8 Å². The van der Waals surface area contributed by atoms with E-state index >= 15 is 0 Å². The minimum absolute atomic E-state index is 0.164. The number of aromatic nitrogens is 1. The molecule has 0 aromatic carbocycles. The highest BCUT2D eigenvalue weighted by Crippen LogP contribution is 2.36. The number of pyridine rings is 1. The summed E-state index contributed by atoms with van der Waals surface area (Å²) in [5.41, 5.74) is -0.208. The fraction of sp³-hybridized carbons (Fsp3) is 0.429. The van der Waals surface area contributed by atoms with Gasteiger partial charge in [-0.1, -0.05) is 0 Å². The fourth-order valence-corrected chi connectivity index (χ4v) is 3.38. The third-order valence-corrected chi connectivity index (χ3v) is 4.27. The first-order valence-electron chi connectivity index (χ1n) is 7.06. The third-order valence-electron chi connectivity index (χ3n) is 4.27. The largest absolute Gasteiger partial charge is 0.478 e. The molecule has 2 aliphatic rings. The van der Waals surface area contributed by atoms with Crippen LogP contribution in [0.2, 0.25) is 0 Å². The Balaban J connectivity index is 2.04. The van der Waals surface area contributed by atoms with Crippen molar-refractivity contribution < 1.29 is 29.7 Å². The minimum Gasteiger partial charge on any atom is -0.478 e. The monoisotopic (exact) mass is 321 g/mol. The number of carboxylic acid groups (broad SMARTS) is 3. The van der Waals surface area contributed by atoms with Crippen LogP contribution in [-0.4, -0.2) is 68.4 Å². The molecule has 0 unspecified atom stereocenters. The number of anilines is 1. The Morgan fingerprint density at radius 3 is 2.43 bits per heavy atom. The van der Waals surface area contributed by atoms with Crippen molar-refractivity contribution in [2.75, 3.05) is 18.0 Å². The Labute approximate surface area is 130 Å². The Kier molecular flexibility index (Phi) is 3.35. The van der Waals surface area contributed by atoms with Crippen molar-refractivity contribution >= 4 is 23.8 Å². The molecule has 0 bridgehead atoms. The van der Waals surface area contributed by atoms with E-state index in [2.05, 4.69) is 4.98 Å². The van der Waals surface area contributed by atoms with Gasteiger partial charge in [-0.2, -0.15) is 0 Å². The lowest BCUT2D eigenvalue weighted by molar-refractivity contribution is 0.0646. The molecule has 3 rings (SSSR count). The first-order valence-corrected chi connectivity index (χ1v) is 7.06. The Morgan fingerprint density at radius 1 is 1.17 bits per heavy atom. The highest BCUT2D eigenvalue weighted by Gasteiger charge is 2.41. The molecule has 1 aromatic rings. The second kappa shape index (κ2) is 5.11. The molecule has 3 heterocycles. The Hall–Kier alpha value is -2.84. The molecular weight excluding hydrogens is 306 g/mol. The zero-order valence-corrected chi connectivity index (χ0v) is 12.3. The molecule has 0 aliphatic carbocycles. The maximum Gasteiger partial charge on any atom is 0.407 e. The van der Waals surface area contributed by atoms with Crippen LogP contribution in [0, 0.1) is 0 Å². The van der Waals surface area contributed by atoms with Crippen LogP contribution in [0.3, 0.4) is 0 Å². The summed E-state index contributed by atoms with van der Waals surface area (Å²) in [4.78, 5) is 41.0. The van der Waals surface area contributed by atoms with E-state index in [9.17, 15) is 19.5 Å². The lowest BCUT2D eigenvalue weighted by Crippen LogP contribution is -2.58. The highest BCUT2D eigenvalue weighted by atomic mass is 16.4. The van der Waals surface area contributed by atoms with Crippen LogP contribution in [0.25, 0.3) is 0 Å². The zero-order chi connectivity index (χ0) is 16.9. The van der Waals surface area contributed by atoms with E-state index in [4.69, 9.17) is 10.2 Å². The highest BCUT2D eigenvalue weighted by molar-refractivity contribution is 6.01. The van der Waals surface area contributed by atoms with Gasteiger partial charge in [-0.3, -0.25) is 0 Å². The summed E-state index contributed by atoms with van der Waals surface area (Å²) in [6.07, 6.45) is -0.561. The predicted molar refractivity (Wildman–Crippen MR) is 77.2 cm³/mol. The maximum absolute atomic E-state index is 11.3. The molecule has 1 saturated heterocycles. The van der Waals surface area contributed by atoms with E-state index in [-0.39, 0.29) is 30.7 Å². The molecule has 2 aliphatic heterocycles. The van der Waals surface area contributed by atoms with Crippen molar-refractivity contribution in [3.05, 3.63) is 22.9 Å². The standard InChI is InChI=1S/C14H15N3O6/c1-6-4-16(14(22)23)5-8-2-7-3-9(12(18)19)10(13(20)21)15-11(7)17(6)8/h3,6,8H,2,4-5H2,1H3,(H,18,19)(H,20,21)(H,22,23)/t6-,8-/m1/s1. The van der Waals surface area contributed by atoms with Gasteiger partial charge in [0, 0.05) is 19.1 Å². The van der Waals surface area contributed by atoms with Crippen LogP contribution in [0.5, 0.6) is 0 Å². The molecule has 9 heteroatoms. The molecule has 2 atom stereocenters. The number of carboxylic acids is 2. The molecule has 122 valence electrons. The van der Waals surface area contributed by atoms with Crippen LogP contribution >= 0.6 is 0 Å². The molecule has 0 spiro atoms. The zero-order valence-electron chi connectivity index (χ0n) is 12.3. The molecule has 1 fully saturated rings. The average molecular weight is 321 g/mol. The average Bonchev–Trinajstić information content (AvgIpc) is 2.83. The van der Waals surface area contributed by atoms with Gasteiger partial charge in [0.25, 0.3) is 0 Å². The number of amides is 1. The second-order valence-corrected chi connectivity index (χ2v) is 5.78. The SMILES string of the molecule is C[C@@H]1CN(C(=O)O)C[C@H]2Cc3cc(C(=O)O)c(C(=O)O)nc3N21. The van der Waals surface area contributed by atoms with Gasteiger partial charge in [-0.05, 0) is 25.0 Å². The summed E-state index contributed by atoms with van der Waals surface area (Å²) in [6.45, 7) is 2.40. The number of aromatic carboxylic acids is 2. The van der Waals surface area contributed by atoms with E-state index < -0.39 is 23.7 Å². The lowest BCUT2D eigenvalue weighted by atomic mass is 10.1. The van der Waals surface area contributed by atoms with Gasteiger partial charge < -0.3 is 25.1 Å². The number of fused-ring (bicyclic) bond motifs is 3. The summed E-state index contributed by atoms with van der Waals surface area (Å²) < 4.78 is 0. The molecule has 23 heavy (non-hydrogen) atoms. The van der Waals surface area contributed by atoms with Crippen molar-refractivity contribution in [2.24, 2.45) is 0 Å². The quantitative estimate of drug-likeness (QED) is 0.721. The number of hydrogen-bond donors (Lipinski definition) is 3. The Bertz CT molecular complexity index is 719. The summed E-state index contributed by atoms with van der Waals surface area (Å²) in [5.74, 6) is -2.30. The van der Waals surface area contributed by atoms with Gasteiger partial charge in [0.15, 0.2) is 5.69 Å². The minimum atomic E-state index is -1.40.